The van der Waals surface area contributed by atoms with Gasteiger partial charge in [0.1, 0.15) is 0 Å². The van der Waals surface area contributed by atoms with Gasteiger partial charge in [0.25, 0.3) is 0 Å². The Morgan fingerprint density at radius 2 is 2.20 bits per heavy atom. The maximum absolute atomic E-state index is 12.3. The van der Waals surface area contributed by atoms with Crippen LogP contribution in [0.2, 0.25) is 0 Å². The van der Waals surface area contributed by atoms with E-state index in [9.17, 15) is 9.59 Å². The Hall–Kier alpha value is -1.30. The third-order valence-electron chi connectivity index (χ3n) is 4.16. The lowest BCUT2D eigenvalue weighted by Crippen LogP contribution is -2.55. The van der Waals surface area contributed by atoms with Crippen molar-refractivity contribution in [2.24, 2.45) is 5.92 Å². The van der Waals surface area contributed by atoms with Gasteiger partial charge in [-0.2, -0.15) is 0 Å². The number of nitrogens with one attached hydrogen (secondary N) is 1. The molecule has 0 aromatic carbocycles. The highest BCUT2D eigenvalue weighted by atomic mass is 16.5. The maximum Gasteiger partial charge on any atom is 0.318 e. The number of carboxylic acid groups (broad SMARTS) is 1. The molecule has 1 aliphatic carbocycles. The van der Waals surface area contributed by atoms with Crippen molar-refractivity contribution in [3.63, 3.8) is 0 Å². The summed E-state index contributed by atoms with van der Waals surface area (Å²) >= 11 is 0. The number of ether oxygens (including phenoxy) is 1. The summed E-state index contributed by atoms with van der Waals surface area (Å²) in [6.45, 7) is 3.46. The van der Waals surface area contributed by atoms with Gasteiger partial charge in [-0.15, -0.1) is 0 Å². The largest absolute Gasteiger partial charge is 0.481 e. The summed E-state index contributed by atoms with van der Waals surface area (Å²) in [5, 5.41) is 12.0. The highest BCUT2D eigenvalue weighted by molar-refractivity contribution is 5.76. The fraction of sp³-hybridized carbons (Fsp3) is 0.857. The highest BCUT2D eigenvalue weighted by Gasteiger charge is 2.31. The highest BCUT2D eigenvalue weighted by Crippen LogP contribution is 2.24. The van der Waals surface area contributed by atoms with Crippen molar-refractivity contribution in [1.82, 2.24) is 10.2 Å². The van der Waals surface area contributed by atoms with Crippen LogP contribution in [0.25, 0.3) is 0 Å². The number of amides is 2. The second-order valence-corrected chi connectivity index (χ2v) is 5.94. The van der Waals surface area contributed by atoms with E-state index in [4.69, 9.17) is 9.84 Å². The Kier molecular flexibility index (Phi) is 5.23. The van der Waals surface area contributed by atoms with Gasteiger partial charge in [-0.1, -0.05) is 19.8 Å². The van der Waals surface area contributed by atoms with E-state index in [2.05, 4.69) is 12.2 Å². The Morgan fingerprint density at radius 1 is 1.40 bits per heavy atom. The number of carbonyl (C=O) groups is 2. The smallest absolute Gasteiger partial charge is 0.318 e. The molecule has 20 heavy (non-hydrogen) atoms. The van der Waals surface area contributed by atoms with Crippen molar-refractivity contribution in [1.29, 1.82) is 0 Å². The van der Waals surface area contributed by atoms with Gasteiger partial charge < -0.3 is 20.1 Å². The van der Waals surface area contributed by atoms with Gasteiger partial charge in [-0.05, 0) is 18.8 Å². The molecule has 2 N–H and O–H groups in total. The van der Waals surface area contributed by atoms with Gasteiger partial charge in [0.05, 0.1) is 25.7 Å². The Labute approximate surface area is 119 Å². The van der Waals surface area contributed by atoms with Gasteiger partial charge >= 0.3 is 12.0 Å². The normalized spacial score (nSPS) is 30.9. The van der Waals surface area contributed by atoms with Crippen molar-refractivity contribution < 1.29 is 19.4 Å². The number of morpholine rings is 1. The molecule has 0 aromatic rings. The fourth-order valence-corrected chi connectivity index (χ4v) is 3.12. The van der Waals surface area contributed by atoms with Gasteiger partial charge in [-0.25, -0.2) is 4.79 Å². The molecule has 0 aromatic heterocycles. The van der Waals surface area contributed by atoms with E-state index in [0.717, 1.165) is 19.3 Å². The molecular formula is C14H24N2O4. The molecule has 1 saturated heterocycles. The second-order valence-electron chi connectivity index (χ2n) is 5.94. The predicted molar refractivity (Wildman–Crippen MR) is 73.5 cm³/mol. The van der Waals surface area contributed by atoms with Crippen molar-refractivity contribution in [2.45, 2.75) is 51.1 Å². The van der Waals surface area contributed by atoms with E-state index in [-0.39, 0.29) is 24.5 Å². The SMILES string of the molecule is CC1CCCC(NC(=O)N2CCOCC2CC(=O)O)C1. The lowest BCUT2D eigenvalue weighted by Gasteiger charge is -2.37. The molecule has 1 aliphatic heterocycles. The van der Waals surface area contributed by atoms with Crippen molar-refractivity contribution in [3.05, 3.63) is 0 Å². The van der Waals surface area contributed by atoms with Crippen LogP contribution >= 0.6 is 0 Å². The quantitative estimate of drug-likeness (QED) is 0.822. The average molecular weight is 284 g/mol. The minimum Gasteiger partial charge on any atom is -0.481 e. The second kappa shape index (κ2) is 6.92. The summed E-state index contributed by atoms with van der Waals surface area (Å²) in [6.07, 6.45) is 4.34. The zero-order valence-electron chi connectivity index (χ0n) is 12.0. The molecule has 0 bridgehead atoms. The average Bonchev–Trinajstić information content (AvgIpc) is 2.38. The molecule has 2 fully saturated rings. The Bertz CT molecular complexity index is 361. The van der Waals surface area contributed by atoms with Crippen LogP contribution < -0.4 is 5.32 Å². The zero-order valence-corrected chi connectivity index (χ0v) is 12.0. The first kappa shape index (κ1) is 15.1. The molecule has 3 unspecified atom stereocenters. The molecule has 6 nitrogen and oxygen atoms in total. The third kappa shape index (κ3) is 4.10. The van der Waals surface area contributed by atoms with E-state index < -0.39 is 5.97 Å². The summed E-state index contributed by atoms with van der Waals surface area (Å²) in [5.74, 6) is -0.252. The number of carboxylic acids is 1. The van der Waals surface area contributed by atoms with Crippen LogP contribution in [0.5, 0.6) is 0 Å². The lowest BCUT2D eigenvalue weighted by molar-refractivity contribution is -0.139. The molecule has 0 radical (unpaired) electrons. The van der Waals surface area contributed by atoms with Crippen molar-refractivity contribution in [2.75, 3.05) is 19.8 Å². The number of urea groups is 1. The van der Waals surface area contributed by atoms with Crippen molar-refractivity contribution >= 4 is 12.0 Å². The molecule has 1 heterocycles. The molecule has 3 atom stereocenters. The first-order chi connectivity index (χ1) is 9.56. The number of hydrogen-bond donors (Lipinski definition) is 2. The summed E-state index contributed by atoms with van der Waals surface area (Å²) in [7, 11) is 0. The van der Waals surface area contributed by atoms with Crippen LogP contribution in [0.1, 0.15) is 39.0 Å². The molecule has 1 saturated carbocycles. The topological polar surface area (TPSA) is 78.9 Å². The predicted octanol–water partition coefficient (Wildman–Crippen LogP) is 1.45. The fourth-order valence-electron chi connectivity index (χ4n) is 3.12. The Balaban J connectivity index is 1.90. The first-order valence-electron chi connectivity index (χ1n) is 7.43. The molecule has 0 spiro atoms. The van der Waals surface area contributed by atoms with Crippen LogP contribution in [0.3, 0.4) is 0 Å². The standard InChI is InChI=1S/C14H24N2O4/c1-10-3-2-4-11(7-10)15-14(19)16-5-6-20-9-12(16)8-13(17)18/h10-12H,2-9H2,1H3,(H,15,19)(H,17,18). The summed E-state index contributed by atoms with van der Waals surface area (Å²) < 4.78 is 5.29. The van der Waals surface area contributed by atoms with Gasteiger partial charge in [0.15, 0.2) is 0 Å². The van der Waals surface area contributed by atoms with E-state index in [0.29, 0.717) is 25.7 Å². The lowest BCUT2D eigenvalue weighted by atomic mass is 9.87. The number of nitrogens with zero attached hydrogens (tertiary/aromatic N) is 1. The van der Waals surface area contributed by atoms with E-state index >= 15 is 0 Å². The zero-order chi connectivity index (χ0) is 14.5. The molecular weight excluding hydrogens is 260 g/mol. The van der Waals surface area contributed by atoms with Gasteiger partial charge in [0, 0.05) is 12.6 Å². The first-order valence-corrected chi connectivity index (χ1v) is 7.43. The number of aliphatic carboxylic acids is 1. The Morgan fingerprint density at radius 3 is 2.90 bits per heavy atom. The summed E-state index contributed by atoms with van der Waals surface area (Å²) in [5.41, 5.74) is 0. The molecule has 2 amide bonds. The van der Waals surface area contributed by atoms with E-state index in [1.807, 2.05) is 0 Å². The monoisotopic (exact) mass is 284 g/mol. The van der Waals surface area contributed by atoms with Crippen molar-refractivity contribution in [3.8, 4) is 0 Å². The van der Waals surface area contributed by atoms with Gasteiger partial charge in [-0.3, -0.25) is 4.79 Å². The van der Waals surface area contributed by atoms with E-state index in [1.165, 1.54) is 6.42 Å². The van der Waals surface area contributed by atoms with Crippen LogP contribution in [0.15, 0.2) is 0 Å². The minimum atomic E-state index is -0.899. The molecule has 2 rings (SSSR count). The molecule has 2 aliphatic rings. The number of rotatable bonds is 3. The van der Waals surface area contributed by atoms with Crippen LogP contribution in [0.4, 0.5) is 4.79 Å². The summed E-state index contributed by atoms with van der Waals surface area (Å²) in [4.78, 5) is 24.8. The van der Waals surface area contributed by atoms with Crippen LogP contribution in [0, 0.1) is 5.92 Å². The third-order valence-corrected chi connectivity index (χ3v) is 4.16. The number of carbonyl (C=O) groups excluding carboxylic acids is 1. The van der Waals surface area contributed by atoms with Crippen LogP contribution in [-0.4, -0.2) is 53.8 Å². The van der Waals surface area contributed by atoms with Gasteiger partial charge in [0.2, 0.25) is 0 Å². The summed E-state index contributed by atoms with van der Waals surface area (Å²) in [6, 6.07) is -0.277. The minimum absolute atomic E-state index is 0.0610. The molecule has 114 valence electrons. The van der Waals surface area contributed by atoms with E-state index in [1.54, 1.807) is 4.90 Å². The maximum atomic E-state index is 12.3. The molecule has 6 heteroatoms. The number of hydrogen-bond acceptors (Lipinski definition) is 3. The van der Waals surface area contributed by atoms with Crippen LogP contribution in [-0.2, 0) is 9.53 Å².